The Balaban J connectivity index is 1.70. The highest BCUT2D eigenvalue weighted by molar-refractivity contribution is 7.90. The molecule has 4 rings (SSSR count). The molecule has 0 fully saturated rings. The summed E-state index contributed by atoms with van der Waals surface area (Å²) in [5, 5.41) is 12.2. The minimum absolute atomic E-state index is 0.178. The van der Waals surface area contributed by atoms with Crippen LogP contribution in [0.3, 0.4) is 0 Å². The normalized spacial score (nSPS) is 11.3. The summed E-state index contributed by atoms with van der Waals surface area (Å²) >= 11 is 0. The highest BCUT2D eigenvalue weighted by Crippen LogP contribution is 2.31. The molecule has 2 N–H and O–H groups in total. The van der Waals surface area contributed by atoms with Crippen LogP contribution >= 0.6 is 0 Å². The number of anilines is 1. The van der Waals surface area contributed by atoms with Crippen molar-refractivity contribution in [3.05, 3.63) is 101 Å². The summed E-state index contributed by atoms with van der Waals surface area (Å²) in [6, 6.07) is 22.2. The second-order valence-corrected chi connectivity index (χ2v) is 10.3. The maximum absolute atomic E-state index is 13.1. The smallest absolute Gasteiger partial charge is 0.335 e. The highest BCUT2D eigenvalue weighted by Gasteiger charge is 2.19. The van der Waals surface area contributed by atoms with Crippen LogP contribution in [0.2, 0.25) is 0 Å². The third-order valence-electron chi connectivity index (χ3n) is 5.78. The number of aryl methyl sites for hydroxylation is 1. The van der Waals surface area contributed by atoms with Gasteiger partial charge in [-0.25, -0.2) is 13.2 Å². The lowest BCUT2D eigenvalue weighted by molar-refractivity contribution is 0.0696. The number of carbonyl (C=O) groups excluding carboxylic acids is 1. The van der Waals surface area contributed by atoms with Gasteiger partial charge in [-0.1, -0.05) is 30.3 Å². The standard InChI is InChI=1S/C27H24N2O5S/c1-17-15-24(26(30)28-21-11-13-22(14-12-21)35(3,33)34)18(2)29(17)25-10-5-4-9-23(25)19-7-6-8-20(16-19)27(31)32/h4-16H,1-3H3,(H,28,30)(H,31,32). The molecule has 3 aromatic carbocycles. The molecule has 0 aliphatic heterocycles. The Kier molecular flexibility index (Phi) is 6.32. The van der Waals surface area contributed by atoms with Crippen molar-refractivity contribution in [2.75, 3.05) is 11.6 Å². The SMILES string of the molecule is Cc1cc(C(=O)Nc2ccc(S(C)(=O)=O)cc2)c(C)n1-c1ccccc1-c1cccc(C(=O)O)c1. The van der Waals surface area contributed by atoms with Gasteiger partial charge >= 0.3 is 5.97 Å². The summed E-state index contributed by atoms with van der Waals surface area (Å²) in [7, 11) is -3.32. The van der Waals surface area contributed by atoms with E-state index in [4.69, 9.17) is 0 Å². The second-order valence-electron chi connectivity index (χ2n) is 8.27. The van der Waals surface area contributed by atoms with Gasteiger partial charge in [0.2, 0.25) is 0 Å². The van der Waals surface area contributed by atoms with Gasteiger partial charge in [-0.3, -0.25) is 4.79 Å². The molecule has 0 saturated heterocycles. The van der Waals surface area contributed by atoms with Crippen LogP contribution in [-0.4, -0.2) is 36.2 Å². The van der Waals surface area contributed by atoms with Crippen LogP contribution in [0.1, 0.15) is 32.1 Å². The molecular formula is C27H24N2O5S. The molecule has 0 aliphatic carbocycles. The number of nitrogens with one attached hydrogen (secondary N) is 1. The number of amides is 1. The number of aromatic nitrogens is 1. The molecule has 0 unspecified atom stereocenters. The first-order valence-corrected chi connectivity index (χ1v) is 12.7. The lowest BCUT2D eigenvalue weighted by Crippen LogP contribution is -2.13. The zero-order chi connectivity index (χ0) is 25.3. The molecule has 0 atom stereocenters. The number of carboxylic acids is 1. The largest absolute Gasteiger partial charge is 0.478 e. The maximum atomic E-state index is 13.1. The van der Waals surface area contributed by atoms with E-state index >= 15 is 0 Å². The van der Waals surface area contributed by atoms with E-state index in [0.717, 1.165) is 34.5 Å². The molecule has 0 radical (unpaired) electrons. The number of aromatic carboxylic acids is 1. The zero-order valence-electron chi connectivity index (χ0n) is 19.4. The molecule has 0 bridgehead atoms. The van der Waals surface area contributed by atoms with E-state index in [2.05, 4.69) is 5.32 Å². The summed E-state index contributed by atoms with van der Waals surface area (Å²) < 4.78 is 25.3. The third kappa shape index (κ3) is 4.88. The molecule has 1 heterocycles. The van der Waals surface area contributed by atoms with Gasteiger partial charge in [-0.05, 0) is 67.9 Å². The summed E-state index contributed by atoms with van der Waals surface area (Å²) in [5.74, 6) is -1.32. The van der Waals surface area contributed by atoms with E-state index in [1.54, 1.807) is 36.4 Å². The topological polar surface area (TPSA) is 105 Å². The van der Waals surface area contributed by atoms with E-state index in [0.29, 0.717) is 11.3 Å². The molecule has 7 nitrogen and oxygen atoms in total. The van der Waals surface area contributed by atoms with E-state index in [-0.39, 0.29) is 16.4 Å². The molecular weight excluding hydrogens is 464 g/mol. The highest BCUT2D eigenvalue weighted by atomic mass is 32.2. The number of nitrogens with zero attached hydrogens (tertiary/aromatic N) is 1. The Morgan fingerprint density at radius 2 is 1.57 bits per heavy atom. The molecule has 8 heteroatoms. The lowest BCUT2D eigenvalue weighted by atomic mass is 10.0. The van der Waals surface area contributed by atoms with Crippen LogP contribution in [0, 0.1) is 13.8 Å². The van der Waals surface area contributed by atoms with Crippen molar-refractivity contribution < 1.29 is 23.1 Å². The molecule has 1 aromatic heterocycles. The van der Waals surface area contributed by atoms with E-state index in [1.165, 1.54) is 12.1 Å². The molecule has 1 amide bonds. The Bertz CT molecular complexity index is 1550. The van der Waals surface area contributed by atoms with Crippen molar-refractivity contribution in [2.45, 2.75) is 18.7 Å². The monoisotopic (exact) mass is 488 g/mol. The molecule has 178 valence electrons. The van der Waals surface area contributed by atoms with E-state index in [1.807, 2.05) is 48.7 Å². The van der Waals surface area contributed by atoms with Gasteiger partial charge in [-0.15, -0.1) is 0 Å². The first-order chi connectivity index (χ1) is 16.6. The van der Waals surface area contributed by atoms with Gasteiger partial charge in [-0.2, -0.15) is 0 Å². The van der Waals surface area contributed by atoms with Crippen LogP contribution in [0.15, 0.2) is 83.8 Å². The fourth-order valence-electron chi connectivity index (χ4n) is 4.08. The van der Waals surface area contributed by atoms with E-state index < -0.39 is 15.8 Å². The predicted octanol–water partition coefficient (Wildman–Crippen LogP) is 5.12. The number of para-hydroxylation sites is 1. The zero-order valence-corrected chi connectivity index (χ0v) is 20.3. The number of hydrogen-bond acceptors (Lipinski definition) is 4. The molecule has 0 spiro atoms. The lowest BCUT2D eigenvalue weighted by Gasteiger charge is -2.16. The summed E-state index contributed by atoms with van der Waals surface area (Å²) in [4.78, 5) is 24.7. The summed E-state index contributed by atoms with van der Waals surface area (Å²) in [6.07, 6.45) is 1.13. The number of rotatable bonds is 6. The summed E-state index contributed by atoms with van der Waals surface area (Å²) in [5.41, 5.74) is 5.12. The number of carboxylic acid groups (broad SMARTS) is 1. The molecule has 0 saturated carbocycles. The minimum atomic E-state index is -3.32. The number of sulfone groups is 1. The quantitative estimate of drug-likeness (QED) is 0.392. The van der Waals surface area contributed by atoms with Crippen molar-refractivity contribution in [3.8, 4) is 16.8 Å². The minimum Gasteiger partial charge on any atom is -0.478 e. The van der Waals surface area contributed by atoms with Gasteiger partial charge in [0.1, 0.15) is 0 Å². The summed E-state index contributed by atoms with van der Waals surface area (Å²) in [6.45, 7) is 3.74. The Morgan fingerprint density at radius 1 is 0.886 bits per heavy atom. The Labute approximate surface area is 203 Å². The van der Waals surface area contributed by atoms with Gasteiger partial charge in [0.25, 0.3) is 5.91 Å². The molecule has 35 heavy (non-hydrogen) atoms. The third-order valence-corrected chi connectivity index (χ3v) is 6.91. The molecule has 0 aliphatic rings. The van der Waals surface area contributed by atoms with Crippen molar-refractivity contribution >= 4 is 27.4 Å². The predicted molar refractivity (Wildman–Crippen MR) is 135 cm³/mol. The van der Waals surface area contributed by atoms with Crippen LogP contribution < -0.4 is 5.32 Å². The van der Waals surface area contributed by atoms with Crippen LogP contribution in [0.5, 0.6) is 0 Å². The van der Waals surface area contributed by atoms with Crippen molar-refractivity contribution in [1.29, 1.82) is 0 Å². The fraction of sp³-hybridized carbons (Fsp3) is 0.111. The fourth-order valence-corrected chi connectivity index (χ4v) is 4.71. The Morgan fingerprint density at radius 3 is 2.23 bits per heavy atom. The maximum Gasteiger partial charge on any atom is 0.335 e. The average molecular weight is 489 g/mol. The van der Waals surface area contributed by atoms with E-state index in [9.17, 15) is 23.1 Å². The number of carbonyl (C=O) groups is 2. The average Bonchev–Trinajstić information content (AvgIpc) is 3.12. The van der Waals surface area contributed by atoms with Gasteiger partial charge in [0.05, 0.1) is 21.7 Å². The van der Waals surface area contributed by atoms with Crippen molar-refractivity contribution in [2.24, 2.45) is 0 Å². The van der Waals surface area contributed by atoms with Crippen LogP contribution in [0.4, 0.5) is 5.69 Å². The Hall–Kier alpha value is -4.17. The van der Waals surface area contributed by atoms with Gasteiger partial charge < -0.3 is 15.0 Å². The first-order valence-electron chi connectivity index (χ1n) is 10.8. The van der Waals surface area contributed by atoms with Crippen LogP contribution in [-0.2, 0) is 9.84 Å². The van der Waals surface area contributed by atoms with Gasteiger partial charge in [0, 0.05) is 28.9 Å². The first kappa shape index (κ1) is 24.0. The van der Waals surface area contributed by atoms with Gasteiger partial charge in [0.15, 0.2) is 9.84 Å². The van der Waals surface area contributed by atoms with Crippen molar-refractivity contribution in [3.63, 3.8) is 0 Å². The molecule has 4 aromatic rings. The second kappa shape index (κ2) is 9.23. The van der Waals surface area contributed by atoms with Crippen LogP contribution in [0.25, 0.3) is 16.8 Å². The van der Waals surface area contributed by atoms with Crippen molar-refractivity contribution in [1.82, 2.24) is 4.57 Å². The number of benzene rings is 3. The number of hydrogen-bond donors (Lipinski definition) is 2.